The number of anilines is 1. The van der Waals surface area contributed by atoms with Gasteiger partial charge in [-0.2, -0.15) is 0 Å². The van der Waals surface area contributed by atoms with Crippen molar-refractivity contribution in [3.8, 4) is 0 Å². The number of piperazine rings is 1. The van der Waals surface area contributed by atoms with Crippen molar-refractivity contribution in [1.82, 2.24) is 5.32 Å². The van der Waals surface area contributed by atoms with E-state index in [-0.39, 0.29) is 11.2 Å². The topological polar surface area (TPSA) is 15.3 Å². The monoisotopic (exact) mass is 344 g/mol. The summed E-state index contributed by atoms with van der Waals surface area (Å²) in [6.07, 6.45) is 5.87. The molecule has 0 aromatic heterocycles. The first-order valence-corrected chi connectivity index (χ1v) is 8.03. The summed E-state index contributed by atoms with van der Waals surface area (Å²) in [6, 6.07) is 2.68. The summed E-state index contributed by atoms with van der Waals surface area (Å²) in [6.45, 7) is 2.13. The van der Waals surface area contributed by atoms with E-state index in [9.17, 15) is 8.78 Å². The van der Waals surface area contributed by atoms with Crippen LogP contribution in [0.3, 0.4) is 0 Å². The van der Waals surface area contributed by atoms with Crippen molar-refractivity contribution in [3.63, 3.8) is 0 Å². The minimum atomic E-state index is -0.482. The largest absolute Gasteiger partial charge is 0.364 e. The number of nitrogens with one attached hydrogen (secondary N) is 1. The molecule has 20 heavy (non-hydrogen) atoms. The lowest BCUT2D eigenvalue weighted by molar-refractivity contribution is 0.215. The maximum Gasteiger partial charge on any atom is 0.150 e. The molecule has 110 valence electrons. The molecule has 1 aromatic carbocycles. The Labute approximate surface area is 126 Å². The molecule has 1 N–H and O–H groups in total. The van der Waals surface area contributed by atoms with E-state index in [1.807, 2.05) is 4.90 Å². The van der Waals surface area contributed by atoms with Crippen molar-refractivity contribution in [2.24, 2.45) is 0 Å². The van der Waals surface area contributed by atoms with Crippen molar-refractivity contribution in [2.45, 2.75) is 37.6 Å². The summed E-state index contributed by atoms with van der Waals surface area (Å²) in [5.41, 5.74) is 0.169. The minimum absolute atomic E-state index is 0.0441. The molecular weight excluding hydrogens is 326 g/mol. The number of hydrogen-bond donors (Lipinski definition) is 1. The van der Waals surface area contributed by atoms with Crippen LogP contribution in [0.15, 0.2) is 16.6 Å². The van der Waals surface area contributed by atoms with Crippen molar-refractivity contribution >= 4 is 21.6 Å². The third-order valence-electron chi connectivity index (χ3n) is 4.48. The van der Waals surface area contributed by atoms with Crippen LogP contribution < -0.4 is 10.2 Å². The standard InChI is InChI=1S/C15H19BrF2N2/c16-11-8-12(17)14(13(18)9-11)20-7-6-19-15(10-20)4-2-1-3-5-15/h8-9,19H,1-7,10H2. The Morgan fingerprint density at radius 3 is 2.40 bits per heavy atom. The van der Waals surface area contributed by atoms with E-state index in [1.54, 1.807) is 0 Å². The van der Waals surface area contributed by atoms with Crippen molar-refractivity contribution < 1.29 is 8.78 Å². The highest BCUT2D eigenvalue weighted by Gasteiger charge is 2.37. The molecule has 3 rings (SSSR count). The Kier molecular flexibility index (Phi) is 4.00. The Hall–Kier alpha value is -0.680. The minimum Gasteiger partial charge on any atom is -0.364 e. The molecular formula is C15H19BrF2N2. The van der Waals surface area contributed by atoms with E-state index < -0.39 is 11.6 Å². The maximum absolute atomic E-state index is 14.1. The summed E-state index contributed by atoms with van der Waals surface area (Å²) < 4.78 is 28.7. The first-order valence-electron chi connectivity index (χ1n) is 7.24. The molecule has 1 heterocycles. The van der Waals surface area contributed by atoms with Gasteiger partial charge in [0, 0.05) is 29.6 Å². The lowest BCUT2D eigenvalue weighted by Gasteiger charge is -2.47. The predicted molar refractivity (Wildman–Crippen MR) is 80.1 cm³/mol. The van der Waals surface area contributed by atoms with E-state index in [4.69, 9.17) is 0 Å². The molecule has 1 saturated carbocycles. The normalized spacial score (nSPS) is 22.2. The Morgan fingerprint density at radius 2 is 1.75 bits per heavy atom. The second kappa shape index (κ2) is 5.60. The van der Waals surface area contributed by atoms with E-state index in [1.165, 1.54) is 31.4 Å². The quantitative estimate of drug-likeness (QED) is 0.832. The molecule has 1 aliphatic carbocycles. The van der Waals surface area contributed by atoms with Gasteiger partial charge in [-0.25, -0.2) is 8.78 Å². The Morgan fingerprint density at radius 1 is 1.10 bits per heavy atom. The van der Waals surface area contributed by atoms with Gasteiger partial charge in [0.15, 0.2) is 11.6 Å². The molecule has 1 aromatic rings. The summed E-state index contributed by atoms with van der Waals surface area (Å²) in [5.74, 6) is -0.963. The molecule has 0 amide bonds. The molecule has 0 unspecified atom stereocenters. The number of rotatable bonds is 1. The highest BCUT2D eigenvalue weighted by atomic mass is 79.9. The highest BCUT2D eigenvalue weighted by Crippen LogP contribution is 2.34. The van der Waals surface area contributed by atoms with Crippen LogP contribution >= 0.6 is 15.9 Å². The third-order valence-corrected chi connectivity index (χ3v) is 4.94. The van der Waals surface area contributed by atoms with Gasteiger partial charge in [-0.15, -0.1) is 0 Å². The van der Waals surface area contributed by atoms with Crippen molar-refractivity contribution in [1.29, 1.82) is 0 Å². The van der Waals surface area contributed by atoms with Gasteiger partial charge < -0.3 is 10.2 Å². The van der Waals surface area contributed by atoms with Gasteiger partial charge in [0.2, 0.25) is 0 Å². The van der Waals surface area contributed by atoms with Crippen LogP contribution in [0.5, 0.6) is 0 Å². The van der Waals surface area contributed by atoms with Crippen molar-refractivity contribution in [3.05, 3.63) is 28.2 Å². The Bertz CT molecular complexity index is 472. The van der Waals surface area contributed by atoms with Crippen LogP contribution in [0.2, 0.25) is 0 Å². The van der Waals surface area contributed by atoms with Crippen LogP contribution in [0.1, 0.15) is 32.1 Å². The number of halogens is 3. The van der Waals surface area contributed by atoms with E-state index in [2.05, 4.69) is 21.2 Å². The number of nitrogens with zero attached hydrogens (tertiary/aromatic N) is 1. The van der Waals surface area contributed by atoms with E-state index >= 15 is 0 Å². The van der Waals surface area contributed by atoms with Crippen LogP contribution in [0.4, 0.5) is 14.5 Å². The SMILES string of the molecule is Fc1cc(Br)cc(F)c1N1CCNC2(CCCCC2)C1. The molecule has 2 fully saturated rings. The molecule has 1 spiro atoms. The number of hydrogen-bond acceptors (Lipinski definition) is 2. The van der Waals surface area contributed by atoms with Gasteiger partial charge in [-0.3, -0.25) is 0 Å². The summed E-state index contributed by atoms with van der Waals surface area (Å²) in [5, 5.41) is 3.59. The molecule has 1 saturated heterocycles. The first kappa shape index (κ1) is 14.3. The van der Waals surface area contributed by atoms with Crippen LogP contribution in [0, 0.1) is 11.6 Å². The lowest BCUT2D eigenvalue weighted by atomic mass is 9.80. The third kappa shape index (κ3) is 2.70. The average Bonchev–Trinajstić information content (AvgIpc) is 2.38. The number of benzene rings is 1. The highest BCUT2D eigenvalue weighted by molar-refractivity contribution is 9.10. The van der Waals surface area contributed by atoms with Crippen LogP contribution in [-0.4, -0.2) is 25.2 Å². The zero-order valence-electron chi connectivity index (χ0n) is 11.4. The zero-order chi connectivity index (χ0) is 14.2. The molecule has 1 aliphatic heterocycles. The van der Waals surface area contributed by atoms with Gasteiger partial charge in [-0.05, 0) is 25.0 Å². The van der Waals surface area contributed by atoms with Gasteiger partial charge >= 0.3 is 0 Å². The summed E-state index contributed by atoms with van der Waals surface area (Å²) >= 11 is 3.13. The molecule has 2 aliphatic rings. The van der Waals surface area contributed by atoms with Gasteiger partial charge in [-0.1, -0.05) is 35.2 Å². The summed E-state index contributed by atoms with van der Waals surface area (Å²) in [4.78, 5) is 1.87. The van der Waals surface area contributed by atoms with Gasteiger partial charge in [0.05, 0.1) is 0 Å². The fraction of sp³-hybridized carbons (Fsp3) is 0.600. The van der Waals surface area contributed by atoms with Crippen LogP contribution in [0.25, 0.3) is 0 Å². The fourth-order valence-corrected chi connectivity index (χ4v) is 3.95. The Balaban J connectivity index is 1.87. The van der Waals surface area contributed by atoms with Gasteiger partial charge in [0.25, 0.3) is 0 Å². The average molecular weight is 345 g/mol. The molecule has 5 heteroatoms. The maximum atomic E-state index is 14.1. The van der Waals surface area contributed by atoms with Gasteiger partial charge in [0.1, 0.15) is 5.69 Å². The second-order valence-electron chi connectivity index (χ2n) is 5.91. The molecule has 0 atom stereocenters. The van der Waals surface area contributed by atoms with E-state index in [0.29, 0.717) is 17.6 Å². The predicted octanol–water partition coefficient (Wildman–Crippen LogP) is 3.84. The van der Waals surface area contributed by atoms with Crippen molar-refractivity contribution in [2.75, 3.05) is 24.5 Å². The van der Waals surface area contributed by atoms with Crippen LogP contribution in [-0.2, 0) is 0 Å². The molecule has 0 radical (unpaired) electrons. The molecule has 2 nitrogen and oxygen atoms in total. The van der Waals surface area contributed by atoms with E-state index in [0.717, 1.165) is 19.4 Å². The smallest absolute Gasteiger partial charge is 0.150 e. The fourth-order valence-electron chi connectivity index (χ4n) is 3.55. The lowest BCUT2D eigenvalue weighted by Crippen LogP contribution is -2.61. The zero-order valence-corrected chi connectivity index (χ0v) is 13.0. The summed E-state index contributed by atoms with van der Waals surface area (Å²) in [7, 11) is 0. The second-order valence-corrected chi connectivity index (χ2v) is 6.82. The molecule has 0 bridgehead atoms. The first-order chi connectivity index (χ1) is 9.60.